The average Bonchev–Trinajstić information content (AvgIpc) is 2.77. The fraction of sp³-hybridized carbons (Fsp3) is 0.154. The Hall–Kier alpha value is -3.08. The van der Waals surface area contributed by atoms with Crippen LogP contribution in [0.15, 0.2) is 81.2 Å². The first kappa shape index (κ1) is 24.6. The maximum absolute atomic E-state index is 12.7. The number of nitrogens with one attached hydrogen (secondary N) is 1. The van der Waals surface area contributed by atoms with Gasteiger partial charge in [-0.25, -0.2) is 0 Å². The van der Waals surface area contributed by atoms with E-state index in [0.29, 0.717) is 38.3 Å². The van der Waals surface area contributed by atoms with Gasteiger partial charge in [-0.2, -0.15) is 5.26 Å². The van der Waals surface area contributed by atoms with Crippen molar-refractivity contribution in [2.75, 3.05) is 5.32 Å². The van der Waals surface area contributed by atoms with Crippen molar-refractivity contribution in [2.24, 2.45) is 0 Å². The number of benzene rings is 3. The summed E-state index contributed by atoms with van der Waals surface area (Å²) in [5.41, 5.74) is 2.24. The van der Waals surface area contributed by atoms with Gasteiger partial charge in [0.15, 0.2) is 0 Å². The molecule has 0 saturated carbocycles. The van der Waals surface area contributed by atoms with E-state index in [1.807, 2.05) is 56.3 Å². The van der Waals surface area contributed by atoms with Crippen LogP contribution in [0, 0.1) is 11.3 Å². The molecule has 0 aliphatic rings. The van der Waals surface area contributed by atoms with Gasteiger partial charge >= 0.3 is 0 Å². The van der Waals surface area contributed by atoms with Gasteiger partial charge in [-0.3, -0.25) is 4.79 Å². The SMILES string of the molecule is CC(C)Oc1cccc(NC(=O)/C(C#N)=C\c2cc(Br)c(OCc3ccccc3)c(Br)c2)c1. The van der Waals surface area contributed by atoms with E-state index in [-0.39, 0.29) is 11.7 Å². The Morgan fingerprint density at radius 2 is 1.76 bits per heavy atom. The van der Waals surface area contributed by atoms with Crippen molar-refractivity contribution in [3.63, 3.8) is 0 Å². The minimum atomic E-state index is -0.504. The minimum absolute atomic E-state index is 0.0158. The summed E-state index contributed by atoms with van der Waals surface area (Å²) >= 11 is 7.04. The molecule has 0 saturated heterocycles. The molecule has 7 heteroatoms. The molecule has 3 aromatic carbocycles. The molecule has 0 aliphatic heterocycles. The third-order valence-electron chi connectivity index (χ3n) is 4.39. The first-order valence-electron chi connectivity index (χ1n) is 10.2. The molecular weight excluding hydrogens is 548 g/mol. The number of hydrogen-bond acceptors (Lipinski definition) is 4. The van der Waals surface area contributed by atoms with E-state index in [1.54, 1.807) is 30.3 Å². The fourth-order valence-corrected chi connectivity index (χ4v) is 4.41. The minimum Gasteiger partial charge on any atom is -0.491 e. The normalized spacial score (nSPS) is 11.1. The number of nitriles is 1. The summed E-state index contributed by atoms with van der Waals surface area (Å²) < 4.78 is 13.0. The van der Waals surface area contributed by atoms with Gasteiger partial charge < -0.3 is 14.8 Å². The largest absolute Gasteiger partial charge is 0.491 e. The predicted octanol–water partition coefficient (Wildman–Crippen LogP) is 7.12. The quantitative estimate of drug-likeness (QED) is 0.231. The van der Waals surface area contributed by atoms with Gasteiger partial charge in [0.1, 0.15) is 29.7 Å². The molecule has 3 aromatic rings. The highest BCUT2D eigenvalue weighted by atomic mass is 79.9. The molecule has 0 bridgehead atoms. The van der Waals surface area contributed by atoms with Crippen LogP contribution in [0.2, 0.25) is 0 Å². The zero-order valence-corrected chi connectivity index (χ0v) is 21.3. The second-order valence-electron chi connectivity index (χ2n) is 7.41. The summed E-state index contributed by atoms with van der Waals surface area (Å²) in [5.74, 6) is 0.779. The number of anilines is 1. The number of ether oxygens (including phenoxy) is 2. The Morgan fingerprint density at radius 3 is 2.39 bits per heavy atom. The summed E-state index contributed by atoms with van der Waals surface area (Å²) in [6, 6.07) is 22.5. The molecule has 1 amide bonds. The topological polar surface area (TPSA) is 71.3 Å². The number of hydrogen-bond donors (Lipinski definition) is 1. The Balaban J connectivity index is 1.75. The molecule has 5 nitrogen and oxygen atoms in total. The van der Waals surface area contributed by atoms with E-state index >= 15 is 0 Å². The van der Waals surface area contributed by atoms with Crippen LogP contribution >= 0.6 is 31.9 Å². The molecule has 168 valence electrons. The second kappa shape index (κ2) is 11.7. The van der Waals surface area contributed by atoms with E-state index in [9.17, 15) is 10.1 Å². The standard InChI is InChI=1S/C26H22Br2N2O3/c1-17(2)33-22-10-6-9-21(14-22)30-26(31)20(15-29)11-19-12-23(27)25(24(28)13-19)32-16-18-7-4-3-5-8-18/h3-14,17H,16H2,1-2H3,(H,30,31)/b20-11-. The monoisotopic (exact) mass is 568 g/mol. The van der Waals surface area contributed by atoms with Crippen LogP contribution in [0.1, 0.15) is 25.0 Å². The molecule has 0 radical (unpaired) electrons. The van der Waals surface area contributed by atoms with Crippen LogP contribution in [0.3, 0.4) is 0 Å². The van der Waals surface area contributed by atoms with Crippen LogP contribution in [0.25, 0.3) is 6.08 Å². The van der Waals surface area contributed by atoms with Crippen LogP contribution in [-0.4, -0.2) is 12.0 Å². The number of carbonyl (C=O) groups excluding carboxylic acids is 1. The van der Waals surface area contributed by atoms with Gasteiger partial charge in [-0.05, 0) is 87.2 Å². The number of halogens is 2. The molecule has 1 N–H and O–H groups in total. The maximum atomic E-state index is 12.7. The van der Waals surface area contributed by atoms with Crippen LogP contribution in [0.4, 0.5) is 5.69 Å². The molecule has 0 atom stereocenters. The number of rotatable bonds is 8. The Morgan fingerprint density at radius 1 is 1.06 bits per heavy atom. The molecular formula is C26H22Br2N2O3. The molecule has 0 heterocycles. The fourth-order valence-electron chi connectivity index (χ4n) is 2.96. The number of amides is 1. The van der Waals surface area contributed by atoms with Crippen molar-refractivity contribution in [1.29, 1.82) is 5.26 Å². The lowest BCUT2D eigenvalue weighted by atomic mass is 10.1. The van der Waals surface area contributed by atoms with E-state index in [0.717, 1.165) is 5.56 Å². The van der Waals surface area contributed by atoms with Gasteiger partial charge in [0.25, 0.3) is 5.91 Å². The van der Waals surface area contributed by atoms with E-state index in [4.69, 9.17) is 9.47 Å². The van der Waals surface area contributed by atoms with Gasteiger partial charge in [0.2, 0.25) is 0 Å². The van der Waals surface area contributed by atoms with Crippen molar-refractivity contribution in [1.82, 2.24) is 0 Å². The average molecular weight is 570 g/mol. The zero-order valence-electron chi connectivity index (χ0n) is 18.1. The summed E-state index contributed by atoms with van der Waals surface area (Å²) in [6.07, 6.45) is 1.54. The van der Waals surface area contributed by atoms with Crippen molar-refractivity contribution in [2.45, 2.75) is 26.6 Å². The van der Waals surface area contributed by atoms with Crippen LogP contribution in [-0.2, 0) is 11.4 Å². The van der Waals surface area contributed by atoms with Crippen molar-refractivity contribution >= 4 is 49.5 Å². The molecule has 0 fully saturated rings. The molecule has 3 rings (SSSR count). The predicted molar refractivity (Wildman–Crippen MR) is 137 cm³/mol. The lowest BCUT2D eigenvalue weighted by molar-refractivity contribution is -0.112. The highest BCUT2D eigenvalue weighted by Gasteiger charge is 2.13. The molecule has 0 aromatic heterocycles. The maximum Gasteiger partial charge on any atom is 0.266 e. The Bertz CT molecular complexity index is 1180. The Labute approximate surface area is 210 Å². The van der Waals surface area contributed by atoms with Gasteiger partial charge in [0.05, 0.1) is 15.0 Å². The lowest BCUT2D eigenvalue weighted by Crippen LogP contribution is -2.13. The third kappa shape index (κ3) is 7.21. The first-order chi connectivity index (χ1) is 15.9. The van der Waals surface area contributed by atoms with Crippen molar-refractivity contribution in [3.8, 4) is 17.6 Å². The molecule has 33 heavy (non-hydrogen) atoms. The third-order valence-corrected chi connectivity index (χ3v) is 5.56. The van der Waals surface area contributed by atoms with E-state index in [1.165, 1.54) is 6.08 Å². The second-order valence-corrected chi connectivity index (χ2v) is 9.11. The smallest absolute Gasteiger partial charge is 0.266 e. The number of carbonyl (C=O) groups is 1. The van der Waals surface area contributed by atoms with Crippen LogP contribution < -0.4 is 14.8 Å². The van der Waals surface area contributed by atoms with E-state index < -0.39 is 5.91 Å². The molecule has 0 spiro atoms. The summed E-state index contributed by atoms with van der Waals surface area (Å²) in [7, 11) is 0. The van der Waals surface area contributed by atoms with Crippen molar-refractivity contribution in [3.05, 3.63) is 92.4 Å². The summed E-state index contributed by atoms with van der Waals surface area (Å²) in [6.45, 7) is 4.27. The Kier molecular flexibility index (Phi) is 8.70. The summed E-state index contributed by atoms with van der Waals surface area (Å²) in [4.78, 5) is 12.7. The lowest BCUT2D eigenvalue weighted by Gasteiger charge is -2.12. The van der Waals surface area contributed by atoms with Gasteiger partial charge in [-0.15, -0.1) is 0 Å². The van der Waals surface area contributed by atoms with E-state index in [2.05, 4.69) is 37.2 Å². The van der Waals surface area contributed by atoms with Gasteiger partial charge in [-0.1, -0.05) is 36.4 Å². The van der Waals surface area contributed by atoms with Crippen LogP contribution in [0.5, 0.6) is 11.5 Å². The first-order valence-corrected chi connectivity index (χ1v) is 11.8. The highest BCUT2D eigenvalue weighted by Crippen LogP contribution is 2.36. The molecule has 0 aliphatic carbocycles. The summed E-state index contributed by atoms with van der Waals surface area (Å²) in [5, 5.41) is 12.3. The van der Waals surface area contributed by atoms with Gasteiger partial charge in [0, 0.05) is 11.8 Å². The zero-order chi connectivity index (χ0) is 23.8. The van der Waals surface area contributed by atoms with Crippen molar-refractivity contribution < 1.29 is 14.3 Å². The molecule has 0 unspecified atom stereocenters. The number of nitrogens with zero attached hydrogens (tertiary/aromatic N) is 1. The highest BCUT2D eigenvalue weighted by molar-refractivity contribution is 9.11.